The van der Waals surface area contributed by atoms with Crippen molar-refractivity contribution in [2.45, 2.75) is 45.3 Å². The molecule has 5 nitrogen and oxygen atoms in total. The fourth-order valence-electron chi connectivity index (χ4n) is 2.09. The zero-order valence-corrected chi connectivity index (χ0v) is 12.9. The third-order valence-corrected chi connectivity index (χ3v) is 4.18. The van der Waals surface area contributed by atoms with Crippen LogP contribution in [0.1, 0.15) is 33.1 Å². The van der Waals surface area contributed by atoms with Crippen molar-refractivity contribution >= 4 is 21.6 Å². The minimum atomic E-state index is -0.619. The molecular weight excluding hydrogens is 310 g/mol. The third-order valence-electron chi connectivity index (χ3n) is 3.42. The van der Waals surface area contributed by atoms with E-state index in [1.807, 2.05) is 13.8 Å². The molecule has 0 aromatic carbocycles. The number of halogens is 1. The molecule has 2 rings (SSSR count). The van der Waals surface area contributed by atoms with Crippen LogP contribution >= 0.6 is 15.9 Å². The first-order chi connectivity index (χ1) is 8.91. The summed E-state index contributed by atoms with van der Waals surface area (Å²) in [7, 11) is 0. The average Bonchev–Trinajstić information content (AvgIpc) is 2.31. The van der Waals surface area contributed by atoms with E-state index in [-0.39, 0.29) is 5.56 Å². The normalized spacial score (nSPS) is 17.3. The van der Waals surface area contributed by atoms with Gasteiger partial charge in [-0.2, -0.15) is 5.10 Å². The highest BCUT2D eigenvalue weighted by Gasteiger charge is 2.34. The van der Waals surface area contributed by atoms with Crippen molar-refractivity contribution in [3.05, 3.63) is 21.0 Å². The van der Waals surface area contributed by atoms with E-state index in [2.05, 4.69) is 26.3 Å². The quantitative estimate of drug-likeness (QED) is 0.866. The fraction of sp³-hybridized carbons (Fsp3) is 0.692. The molecule has 0 bridgehead atoms. The van der Waals surface area contributed by atoms with Crippen LogP contribution in [0.3, 0.4) is 0 Å². The molecule has 1 aromatic heterocycles. The van der Waals surface area contributed by atoms with Gasteiger partial charge in [0.05, 0.1) is 17.5 Å². The predicted molar refractivity (Wildman–Crippen MR) is 78.3 cm³/mol. The number of anilines is 1. The highest BCUT2D eigenvalue weighted by molar-refractivity contribution is 9.10. The lowest BCUT2D eigenvalue weighted by atomic mass is 9.80. The third kappa shape index (κ3) is 3.36. The van der Waals surface area contributed by atoms with Crippen LogP contribution in [0.2, 0.25) is 0 Å². The first kappa shape index (κ1) is 14.5. The van der Waals surface area contributed by atoms with Gasteiger partial charge in [-0.3, -0.25) is 4.79 Å². The molecule has 1 saturated carbocycles. The molecule has 1 heterocycles. The second-order valence-electron chi connectivity index (χ2n) is 5.68. The number of nitrogens with one attached hydrogen (secondary N) is 1. The Hall–Kier alpha value is -0.880. The van der Waals surface area contributed by atoms with Crippen LogP contribution in [0.5, 0.6) is 0 Å². The average molecular weight is 330 g/mol. The van der Waals surface area contributed by atoms with Crippen LogP contribution in [-0.2, 0) is 6.54 Å². The number of hydrogen-bond acceptors (Lipinski definition) is 4. The standard InChI is InChI=1S/C13H20BrN3O2/c1-9(2)7-17-12(18)11(14)10(6-16-17)15-8-13(19)4-3-5-13/h6,9,15,19H,3-5,7-8H2,1-2H3. The largest absolute Gasteiger partial charge is 0.388 e. The topological polar surface area (TPSA) is 67.2 Å². The Kier molecular flexibility index (Phi) is 4.30. The zero-order chi connectivity index (χ0) is 14.0. The lowest BCUT2D eigenvalue weighted by molar-refractivity contribution is -0.0202. The molecule has 1 aliphatic carbocycles. The van der Waals surface area contributed by atoms with Crippen molar-refractivity contribution in [2.24, 2.45) is 5.92 Å². The molecule has 2 N–H and O–H groups in total. The van der Waals surface area contributed by atoms with Crippen LogP contribution in [0.15, 0.2) is 15.5 Å². The summed E-state index contributed by atoms with van der Waals surface area (Å²) in [5, 5.41) is 17.3. The van der Waals surface area contributed by atoms with Gasteiger partial charge in [0.1, 0.15) is 4.47 Å². The molecular formula is C13H20BrN3O2. The Morgan fingerprint density at radius 2 is 2.26 bits per heavy atom. The second-order valence-corrected chi connectivity index (χ2v) is 6.48. The summed E-state index contributed by atoms with van der Waals surface area (Å²) < 4.78 is 1.93. The van der Waals surface area contributed by atoms with Gasteiger partial charge in [-0.15, -0.1) is 0 Å². The van der Waals surface area contributed by atoms with E-state index < -0.39 is 5.60 Å². The van der Waals surface area contributed by atoms with Crippen LogP contribution < -0.4 is 10.9 Å². The van der Waals surface area contributed by atoms with Gasteiger partial charge < -0.3 is 10.4 Å². The monoisotopic (exact) mass is 329 g/mol. The summed E-state index contributed by atoms with van der Waals surface area (Å²) in [4.78, 5) is 12.1. The number of aromatic nitrogens is 2. The Labute approximate surface area is 121 Å². The maximum Gasteiger partial charge on any atom is 0.283 e. The molecule has 0 unspecified atom stereocenters. The molecule has 0 spiro atoms. The Morgan fingerprint density at radius 3 is 2.79 bits per heavy atom. The fourth-order valence-corrected chi connectivity index (χ4v) is 2.53. The van der Waals surface area contributed by atoms with Crippen molar-refractivity contribution in [1.82, 2.24) is 9.78 Å². The Bertz CT molecular complexity index is 509. The second kappa shape index (κ2) is 5.63. The number of aliphatic hydroxyl groups is 1. The van der Waals surface area contributed by atoms with Gasteiger partial charge in [-0.1, -0.05) is 13.8 Å². The van der Waals surface area contributed by atoms with E-state index >= 15 is 0 Å². The maximum absolute atomic E-state index is 12.1. The predicted octanol–water partition coefficient (Wildman–Crippen LogP) is 1.99. The van der Waals surface area contributed by atoms with Gasteiger partial charge in [0.25, 0.3) is 5.56 Å². The molecule has 6 heteroatoms. The maximum atomic E-state index is 12.1. The summed E-state index contributed by atoms with van der Waals surface area (Å²) in [6.07, 6.45) is 4.33. The minimum absolute atomic E-state index is 0.140. The first-order valence-corrected chi connectivity index (χ1v) is 7.42. The summed E-state index contributed by atoms with van der Waals surface area (Å²) in [6, 6.07) is 0. The number of nitrogens with zero attached hydrogens (tertiary/aromatic N) is 2. The van der Waals surface area contributed by atoms with Crippen molar-refractivity contribution in [3.8, 4) is 0 Å². The number of hydrogen-bond donors (Lipinski definition) is 2. The molecule has 106 valence electrons. The van der Waals surface area contributed by atoms with Gasteiger partial charge in [-0.05, 0) is 41.1 Å². The molecule has 0 radical (unpaired) electrons. The highest BCUT2D eigenvalue weighted by Crippen LogP contribution is 2.32. The van der Waals surface area contributed by atoms with Crippen molar-refractivity contribution in [2.75, 3.05) is 11.9 Å². The van der Waals surface area contributed by atoms with E-state index in [0.717, 1.165) is 19.3 Å². The highest BCUT2D eigenvalue weighted by atomic mass is 79.9. The number of rotatable bonds is 5. The van der Waals surface area contributed by atoms with Crippen LogP contribution in [0.4, 0.5) is 5.69 Å². The van der Waals surface area contributed by atoms with E-state index in [4.69, 9.17) is 0 Å². The van der Waals surface area contributed by atoms with Crippen molar-refractivity contribution in [1.29, 1.82) is 0 Å². The lowest BCUT2D eigenvalue weighted by Crippen LogP contribution is -2.43. The molecule has 0 saturated heterocycles. The smallest absolute Gasteiger partial charge is 0.283 e. The van der Waals surface area contributed by atoms with Crippen LogP contribution in [-0.4, -0.2) is 27.0 Å². The van der Waals surface area contributed by atoms with Crippen molar-refractivity contribution < 1.29 is 5.11 Å². The molecule has 1 aliphatic rings. The van der Waals surface area contributed by atoms with Crippen molar-refractivity contribution in [3.63, 3.8) is 0 Å². The van der Waals surface area contributed by atoms with Gasteiger partial charge in [0, 0.05) is 13.1 Å². The lowest BCUT2D eigenvalue weighted by Gasteiger charge is -2.36. The van der Waals surface area contributed by atoms with E-state index in [1.54, 1.807) is 6.20 Å². The Morgan fingerprint density at radius 1 is 1.58 bits per heavy atom. The van der Waals surface area contributed by atoms with E-state index in [9.17, 15) is 9.90 Å². The molecule has 0 aliphatic heterocycles. The van der Waals surface area contributed by atoms with Gasteiger partial charge in [-0.25, -0.2) is 4.68 Å². The van der Waals surface area contributed by atoms with Crippen LogP contribution in [0.25, 0.3) is 0 Å². The summed E-state index contributed by atoms with van der Waals surface area (Å²) in [5.74, 6) is 0.367. The molecule has 1 fully saturated rings. The Balaban J connectivity index is 2.10. The summed E-state index contributed by atoms with van der Waals surface area (Å²) >= 11 is 3.31. The van der Waals surface area contributed by atoms with Gasteiger partial charge >= 0.3 is 0 Å². The van der Waals surface area contributed by atoms with Crippen LogP contribution in [0, 0.1) is 5.92 Å². The van der Waals surface area contributed by atoms with E-state index in [1.165, 1.54) is 4.68 Å². The van der Waals surface area contributed by atoms with E-state index in [0.29, 0.717) is 29.2 Å². The van der Waals surface area contributed by atoms with Gasteiger partial charge in [0.2, 0.25) is 0 Å². The summed E-state index contributed by atoms with van der Waals surface area (Å²) in [5.41, 5.74) is -0.115. The van der Waals surface area contributed by atoms with Gasteiger partial charge in [0.15, 0.2) is 0 Å². The first-order valence-electron chi connectivity index (χ1n) is 6.63. The molecule has 0 amide bonds. The molecule has 0 atom stereocenters. The SMILES string of the molecule is CC(C)Cn1ncc(NCC2(O)CCC2)c(Br)c1=O. The minimum Gasteiger partial charge on any atom is -0.388 e. The zero-order valence-electron chi connectivity index (χ0n) is 11.3. The molecule has 1 aromatic rings. The summed E-state index contributed by atoms with van der Waals surface area (Å²) in [6.45, 7) is 5.14. The molecule has 19 heavy (non-hydrogen) atoms.